The van der Waals surface area contributed by atoms with Gasteiger partial charge in [-0.25, -0.2) is 0 Å². The second-order valence-electron chi connectivity index (χ2n) is 6.67. The van der Waals surface area contributed by atoms with Crippen molar-refractivity contribution < 1.29 is 14.6 Å². The zero-order valence-electron chi connectivity index (χ0n) is 15.1. The minimum Gasteiger partial charge on any atom is -0.508 e. The van der Waals surface area contributed by atoms with Crippen molar-refractivity contribution in [3.05, 3.63) is 42.1 Å². The molecular formula is C19H23N5O3. The molecule has 1 N–H and O–H groups in total. The quantitative estimate of drug-likeness (QED) is 0.864. The largest absolute Gasteiger partial charge is 0.508 e. The molecule has 2 aromatic rings. The number of hydrogen-bond donors (Lipinski definition) is 1. The van der Waals surface area contributed by atoms with Gasteiger partial charge in [0, 0.05) is 45.0 Å². The summed E-state index contributed by atoms with van der Waals surface area (Å²) in [7, 11) is 0. The van der Waals surface area contributed by atoms with Gasteiger partial charge in [0.1, 0.15) is 5.75 Å². The van der Waals surface area contributed by atoms with Gasteiger partial charge in [0.15, 0.2) is 11.5 Å². The highest BCUT2D eigenvalue weighted by molar-refractivity contribution is 5.92. The number of carbonyl (C=O) groups is 1. The van der Waals surface area contributed by atoms with Crippen molar-refractivity contribution >= 4 is 17.4 Å². The van der Waals surface area contributed by atoms with Gasteiger partial charge in [-0.3, -0.25) is 4.79 Å². The highest BCUT2D eigenvalue weighted by Gasteiger charge is 2.24. The van der Waals surface area contributed by atoms with E-state index in [1.807, 2.05) is 23.1 Å². The third-order valence-electron chi connectivity index (χ3n) is 4.99. The molecule has 0 aliphatic carbocycles. The van der Waals surface area contributed by atoms with E-state index in [0.717, 1.165) is 37.7 Å². The zero-order valence-corrected chi connectivity index (χ0v) is 15.1. The summed E-state index contributed by atoms with van der Waals surface area (Å²) in [5.41, 5.74) is 1.43. The summed E-state index contributed by atoms with van der Waals surface area (Å²) in [5, 5.41) is 17.8. The molecule has 2 aliphatic heterocycles. The number of hydrogen-bond acceptors (Lipinski definition) is 7. The molecule has 142 valence electrons. The second-order valence-corrected chi connectivity index (χ2v) is 6.67. The Morgan fingerprint density at radius 1 is 0.852 bits per heavy atom. The summed E-state index contributed by atoms with van der Waals surface area (Å²) < 4.78 is 5.34. The number of phenols is 1. The Morgan fingerprint density at radius 2 is 1.56 bits per heavy atom. The van der Waals surface area contributed by atoms with Gasteiger partial charge in [-0.2, -0.15) is 0 Å². The van der Waals surface area contributed by atoms with Crippen LogP contribution in [0.15, 0.2) is 36.4 Å². The molecule has 2 fully saturated rings. The van der Waals surface area contributed by atoms with Crippen molar-refractivity contribution in [1.82, 2.24) is 15.1 Å². The summed E-state index contributed by atoms with van der Waals surface area (Å²) in [4.78, 5) is 18.8. The minimum atomic E-state index is -0.0821. The fourth-order valence-electron chi connectivity index (χ4n) is 3.39. The highest BCUT2D eigenvalue weighted by Crippen LogP contribution is 2.20. The van der Waals surface area contributed by atoms with Crippen molar-refractivity contribution in [1.29, 1.82) is 0 Å². The molecule has 8 nitrogen and oxygen atoms in total. The number of rotatable bonds is 3. The van der Waals surface area contributed by atoms with Crippen LogP contribution in [0.5, 0.6) is 5.75 Å². The lowest BCUT2D eigenvalue weighted by Crippen LogP contribution is -2.49. The zero-order chi connectivity index (χ0) is 18.6. The molecule has 0 spiro atoms. The first-order chi connectivity index (χ1) is 13.2. The van der Waals surface area contributed by atoms with E-state index in [4.69, 9.17) is 4.74 Å². The Kier molecular flexibility index (Phi) is 5.06. The first kappa shape index (κ1) is 17.5. The number of nitrogens with zero attached hydrogens (tertiary/aromatic N) is 5. The van der Waals surface area contributed by atoms with Crippen molar-refractivity contribution in [3.8, 4) is 5.75 Å². The van der Waals surface area contributed by atoms with Gasteiger partial charge in [-0.15, -0.1) is 10.2 Å². The van der Waals surface area contributed by atoms with Crippen molar-refractivity contribution in [2.24, 2.45) is 0 Å². The number of piperazine rings is 1. The minimum absolute atomic E-state index is 0.0821. The predicted molar refractivity (Wildman–Crippen MR) is 101 cm³/mol. The maximum atomic E-state index is 12.7. The summed E-state index contributed by atoms with van der Waals surface area (Å²) in [6, 6.07) is 10.8. The molecule has 4 rings (SSSR count). The molecule has 0 radical (unpaired) electrons. The van der Waals surface area contributed by atoms with Gasteiger partial charge in [0.2, 0.25) is 0 Å². The smallest absolute Gasteiger partial charge is 0.274 e. The molecule has 0 bridgehead atoms. The van der Waals surface area contributed by atoms with E-state index < -0.39 is 0 Å². The van der Waals surface area contributed by atoms with Crippen LogP contribution < -0.4 is 9.80 Å². The predicted octanol–water partition coefficient (Wildman–Crippen LogP) is 0.981. The van der Waals surface area contributed by atoms with E-state index in [1.165, 1.54) is 0 Å². The summed E-state index contributed by atoms with van der Waals surface area (Å²) >= 11 is 0. The van der Waals surface area contributed by atoms with Crippen molar-refractivity contribution in [2.75, 3.05) is 62.3 Å². The Balaban J connectivity index is 1.35. The van der Waals surface area contributed by atoms with Crippen molar-refractivity contribution in [3.63, 3.8) is 0 Å². The fourth-order valence-corrected chi connectivity index (χ4v) is 3.39. The van der Waals surface area contributed by atoms with Gasteiger partial charge < -0.3 is 24.5 Å². The molecule has 1 amide bonds. The molecule has 3 heterocycles. The van der Waals surface area contributed by atoms with Crippen LogP contribution in [0.3, 0.4) is 0 Å². The van der Waals surface area contributed by atoms with Gasteiger partial charge in [-0.05, 0) is 36.4 Å². The monoisotopic (exact) mass is 369 g/mol. The van der Waals surface area contributed by atoms with Gasteiger partial charge in [0.05, 0.1) is 13.2 Å². The number of aromatic hydroxyl groups is 1. The Morgan fingerprint density at radius 3 is 2.19 bits per heavy atom. The average molecular weight is 369 g/mol. The normalized spacial score (nSPS) is 17.9. The Hall–Kier alpha value is -2.87. The first-order valence-electron chi connectivity index (χ1n) is 9.20. The average Bonchev–Trinajstić information content (AvgIpc) is 2.75. The molecule has 0 saturated carbocycles. The van der Waals surface area contributed by atoms with Crippen molar-refractivity contribution in [2.45, 2.75) is 0 Å². The molecule has 1 aromatic carbocycles. The Labute approximate surface area is 158 Å². The van der Waals surface area contributed by atoms with Gasteiger partial charge >= 0.3 is 0 Å². The fraction of sp³-hybridized carbons (Fsp3) is 0.421. The molecule has 0 atom stereocenters. The lowest BCUT2D eigenvalue weighted by Gasteiger charge is -2.36. The van der Waals surface area contributed by atoms with Crippen LogP contribution in [-0.2, 0) is 4.74 Å². The molecule has 2 saturated heterocycles. The maximum absolute atomic E-state index is 12.7. The van der Waals surface area contributed by atoms with Gasteiger partial charge in [0.25, 0.3) is 5.91 Å². The third kappa shape index (κ3) is 3.95. The molecule has 8 heteroatoms. The van der Waals surface area contributed by atoms with E-state index >= 15 is 0 Å². The third-order valence-corrected chi connectivity index (χ3v) is 4.99. The number of phenolic OH excluding ortho intramolecular Hbond substituents is 1. The standard InChI is InChI=1S/C19H23N5O3/c25-16-3-1-15(2-4-16)22-7-9-24(10-8-22)19(26)17-5-6-18(21-20-17)23-11-13-27-14-12-23/h1-6,25H,7-14H2. The Bertz CT molecular complexity index is 767. The maximum Gasteiger partial charge on any atom is 0.274 e. The highest BCUT2D eigenvalue weighted by atomic mass is 16.5. The number of aromatic nitrogens is 2. The lowest BCUT2D eigenvalue weighted by atomic mass is 10.2. The summed E-state index contributed by atoms with van der Waals surface area (Å²) in [5.74, 6) is 0.958. The number of morpholine rings is 1. The lowest BCUT2D eigenvalue weighted by molar-refractivity contribution is 0.0739. The summed E-state index contributed by atoms with van der Waals surface area (Å²) in [6.45, 7) is 5.72. The van der Waals surface area contributed by atoms with Crippen LogP contribution in [0.25, 0.3) is 0 Å². The van der Waals surface area contributed by atoms with E-state index in [-0.39, 0.29) is 11.7 Å². The second kappa shape index (κ2) is 7.79. The van der Waals surface area contributed by atoms with E-state index in [2.05, 4.69) is 20.0 Å². The van der Waals surface area contributed by atoms with E-state index in [1.54, 1.807) is 18.2 Å². The van der Waals surface area contributed by atoms with Crippen LogP contribution in [-0.4, -0.2) is 78.6 Å². The van der Waals surface area contributed by atoms with Gasteiger partial charge in [-0.1, -0.05) is 0 Å². The molecule has 1 aromatic heterocycles. The number of benzene rings is 1. The molecule has 27 heavy (non-hydrogen) atoms. The molecule has 0 unspecified atom stereocenters. The topological polar surface area (TPSA) is 82.0 Å². The molecular weight excluding hydrogens is 346 g/mol. The van der Waals surface area contributed by atoms with Crippen LogP contribution in [0.2, 0.25) is 0 Å². The number of carbonyl (C=O) groups excluding carboxylic acids is 1. The molecule has 2 aliphatic rings. The number of anilines is 2. The van der Waals surface area contributed by atoms with Crippen LogP contribution in [0.1, 0.15) is 10.5 Å². The van der Waals surface area contributed by atoms with E-state index in [9.17, 15) is 9.90 Å². The number of amides is 1. The van der Waals surface area contributed by atoms with Crippen LogP contribution >= 0.6 is 0 Å². The first-order valence-corrected chi connectivity index (χ1v) is 9.20. The summed E-state index contributed by atoms with van der Waals surface area (Å²) in [6.07, 6.45) is 0. The van der Waals surface area contributed by atoms with E-state index in [0.29, 0.717) is 32.0 Å². The number of ether oxygens (including phenoxy) is 1. The van der Waals surface area contributed by atoms with Crippen LogP contribution in [0, 0.1) is 0 Å². The van der Waals surface area contributed by atoms with Crippen LogP contribution in [0.4, 0.5) is 11.5 Å². The SMILES string of the molecule is O=C(c1ccc(N2CCOCC2)nn1)N1CCN(c2ccc(O)cc2)CC1.